The molecule has 0 aliphatic carbocycles. The first-order valence-electron chi connectivity index (χ1n) is 3.90. The van der Waals surface area contributed by atoms with Gasteiger partial charge in [0, 0.05) is 25.2 Å². The first-order chi connectivity index (χ1) is 6.06. The van der Waals surface area contributed by atoms with Gasteiger partial charge in [-0.2, -0.15) is 24.9 Å². The van der Waals surface area contributed by atoms with Crippen LogP contribution in [0.25, 0.3) is 0 Å². The van der Waals surface area contributed by atoms with Gasteiger partial charge in [0.05, 0.1) is 13.2 Å². The summed E-state index contributed by atoms with van der Waals surface area (Å²) in [5.41, 5.74) is 0. The topological polar surface area (TPSA) is 21.3 Å². The van der Waals surface area contributed by atoms with Crippen LogP contribution in [0.1, 0.15) is 0 Å². The zero-order valence-corrected chi connectivity index (χ0v) is 8.30. The van der Waals surface area contributed by atoms with E-state index in [1.165, 1.54) is 0 Å². The minimum Gasteiger partial charge on any atom is -0.384 e. The Morgan fingerprint density at radius 2 is 2.00 bits per heavy atom. The van der Waals surface area contributed by atoms with Crippen molar-refractivity contribution in [1.82, 2.24) is 5.32 Å². The first-order valence-corrected chi connectivity index (χ1v) is 5.06. The molecule has 0 aromatic carbocycles. The predicted molar refractivity (Wildman–Crippen MR) is 48.1 cm³/mol. The minimum absolute atomic E-state index is 0.383. The van der Waals surface area contributed by atoms with Crippen molar-refractivity contribution in [3.63, 3.8) is 0 Å². The summed E-state index contributed by atoms with van der Waals surface area (Å²) in [5.74, 6) is 1.50. The fraction of sp³-hybridized carbons (Fsp3) is 1.00. The lowest BCUT2D eigenvalue weighted by molar-refractivity contribution is -0.124. The zero-order valence-electron chi connectivity index (χ0n) is 7.49. The molecule has 2 nitrogen and oxygen atoms in total. The smallest absolute Gasteiger partial charge is 0.384 e. The molecule has 0 atom stereocenters. The molecular formula is C7H14F3NOS. The number of hydrogen-bond acceptors (Lipinski definition) is 3. The van der Waals surface area contributed by atoms with Crippen LogP contribution in [0.15, 0.2) is 0 Å². The van der Waals surface area contributed by atoms with E-state index in [0.717, 1.165) is 5.75 Å². The highest BCUT2D eigenvalue weighted by atomic mass is 32.2. The molecule has 13 heavy (non-hydrogen) atoms. The molecular weight excluding hydrogens is 203 g/mol. The number of ether oxygens (including phenoxy) is 1. The second-order valence-electron chi connectivity index (χ2n) is 2.40. The van der Waals surface area contributed by atoms with Crippen molar-refractivity contribution in [1.29, 1.82) is 0 Å². The van der Waals surface area contributed by atoms with E-state index in [9.17, 15) is 13.2 Å². The summed E-state index contributed by atoms with van der Waals surface area (Å²) in [6.45, 7) is 0.121. The third kappa shape index (κ3) is 12.1. The van der Waals surface area contributed by atoms with Gasteiger partial charge in [0.1, 0.15) is 0 Å². The molecule has 0 fully saturated rings. The number of alkyl halides is 3. The third-order valence-electron chi connectivity index (χ3n) is 1.18. The predicted octanol–water partition coefficient (Wildman–Crippen LogP) is 1.52. The molecule has 0 heterocycles. The highest BCUT2D eigenvalue weighted by Gasteiger charge is 2.25. The van der Waals surface area contributed by atoms with Gasteiger partial charge in [0.15, 0.2) is 0 Å². The largest absolute Gasteiger partial charge is 0.401 e. The third-order valence-corrected chi connectivity index (χ3v) is 2.13. The van der Waals surface area contributed by atoms with Crippen LogP contribution in [0.2, 0.25) is 0 Å². The monoisotopic (exact) mass is 217 g/mol. The molecule has 0 aliphatic rings. The number of rotatable bonds is 7. The molecule has 0 saturated carbocycles. The molecule has 0 aliphatic heterocycles. The van der Waals surface area contributed by atoms with Crippen LogP contribution in [-0.4, -0.2) is 44.5 Å². The van der Waals surface area contributed by atoms with Crippen LogP contribution in [0.3, 0.4) is 0 Å². The molecule has 0 amide bonds. The van der Waals surface area contributed by atoms with Crippen molar-refractivity contribution >= 4 is 11.8 Å². The maximum Gasteiger partial charge on any atom is 0.401 e. The molecule has 0 bridgehead atoms. The van der Waals surface area contributed by atoms with Crippen LogP contribution < -0.4 is 5.32 Å². The highest BCUT2D eigenvalue weighted by Crippen LogP contribution is 2.12. The van der Waals surface area contributed by atoms with Gasteiger partial charge in [0.25, 0.3) is 0 Å². The summed E-state index contributed by atoms with van der Waals surface area (Å²) < 4.78 is 39.6. The summed E-state index contributed by atoms with van der Waals surface area (Å²) in [6, 6.07) is 0. The molecule has 0 radical (unpaired) electrons. The number of halogens is 3. The Labute approximate surface area is 80.2 Å². The van der Waals surface area contributed by atoms with Crippen LogP contribution in [0.4, 0.5) is 13.2 Å². The highest BCUT2D eigenvalue weighted by molar-refractivity contribution is 7.99. The standard InChI is InChI=1S/C7H14F3NOS/c1-12-3-5-13-4-2-11-6-7(8,9)10/h11H,2-6H2,1H3. The van der Waals surface area contributed by atoms with Crippen LogP contribution >= 0.6 is 11.8 Å². The lowest BCUT2D eigenvalue weighted by Gasteiger charge is -2.07. The maximum atomic E-state index is 11.6. The maximum absolute atomic E-state index is 11.6. The number of nitrogens with one attached hydrogen (secondary N) is 1. The molecule has 1 N–H and O–H groups in total. The van der Waals surface area contributed by atoms with Gasteiger partial charge in [0.2, 0.25) is 0 Å². The van der Waals surface area contributed by atoms with Crippen molar-refractivity contribution in [3.8, 4) is 0 Å². The van der Waals surface area contributed by atoms with Crippen molar-refractivity contribution in [2.24, 2.45) is 0 Å². The second-order valence-corrected chi connectivity index (χ2v) is 3.62. The van der Waals surface area contributed by atoms with Crippen LogP contribution in [0.5, 0.6) is 0 Å². The van der Waals surface area contributed by atoms with E-state index in [1.807, 2.05) is 0 Å². The summed E-state index contributed by atoms with van der Waals surface area (Å²) in [5, 5.41) is 2.32. The molecule has 6 heteroatoms. The van der Waals surface area contributed by atoms with Crippen LogP contribution in [-0.2, 0) is 4.74 Å². The molecule has 0 saturated heterocycles. The lowest BCUT2D eigenvalue weighted by Crippen LogP contribution is -2.30. The summed E-state index contributed by atoms with van der Waals surface area (Å²) in [7, 11) is 1.60. The molecule has 0 unspecified atom stereocenters. The van der Waals surface area contributed by atoms with E-state index in [-0.39, 0.29) is 0 Å². The fourth-order valence-corrected chi connectivity index (χ4v) is 1.40. The quantitative estimate of drug-likeness (QED) is 0.653. The van der Waals surface area contributed by atoms with Gasteiger partial charge in [-0.3, -0.25) is 0 Å². The second kappa shape index (κ2) is 7.46. The average Bonchev–Trinajstić information content (AvgIpc) is 2.01. The van der Waals surface area contributed by atoms with Crippen molar-refractivity contribution in [3.05, 3.63) is 0 Å². The average molecular weight is 217 g/mol. The Balaban J connectivity index is 3.00. The van der Waals surface area contributed by atoms with E-state index in [2.05, 4.69) is 5.32 Å². The first kappa shape index (κ1) is 13.1. The van der Waals surface area contributed by atoms with E-state index in [0.29, 0.717) is 18.9 Å². The van der Waals surface area contributed by atoms with Gasteiger partial charge in [-0.05, 0) is 0 Å². The lowest BCUT2D eigenvalue weighted by atomic mass is 10.6. The van der Waals surface area contributed by atoms with Crippen molar-refractivity contribution in [2.45, 2.75) is 6.18 Å². The molecule has 0 aromatic heterocycles. The van der Waals surface area contributed by atoms with Gasteiger partial charge in [-0.25, -0.2) is 0 Å². The number of thioether (sulfide) groups is 1. The Bertz CT molecular complexity index is 121. The van der Waals surface area contributed by atoms with Gasteiger partial charge in [-0.15, -0.1) is 0 Å². The summed E-state index contributed by atoms with van der Waals surface area (Å²) in [4.78, 5) is 0. The van der Waals surface area contributed by atoms with Gasteiger partial charge < -0.3 is 10.1 Å². The summed E-state index contributed by atoms with van der Waals surface area (Å²) >= 11 is 1.57. The van der Waals surface area contributed by atoms with Crippen molar-refractivity contribution in [2.75, 3.05) is 38.3 Å². The Hall–Kier alpha value is 0.0600. The Morgan fingerprint density at radius 1 is 1.31 bits per heavy atom. The van der Waals surface area contributed by atoms with E-state index < -0.39 is 12.7 Å². The van der Waals surface area contributed by atoms with Gasteiger partial charge in [-0.1, -0.05) is 0 Å². The fourth-order valence-electron chi connectivity index (χ4n) is 0.619. The molecule has 80 valence electrons. The summed E-state index contributed by atoms with van der Waals surface area (Å²) in [6.07, 6.45) is -4.10. The Kier molecular flexibility index (Phi) is 7.50. The van der Waals surface area contributed by atoms with E-state index in [1.54, 1.807) is 18.9 Å². The minimum atomic E-state index is -4.10. The Morgan fingerprint density at radius 3 is 2.54 bits per heavy atom. The van der Waals surface area contributed by atoms with Gasteiger partial charge >= 0.3 is 6.18 Å². The molecule has 0 aromatic rings. The number of methoxy groups -OCH3 is 1. The SMILES string of the molecule is COCCSCCNCC(F)(F)F. The normalized spacial score (nSPS) is 12.0. The molecule has 0 spiro atoms. The van der Waals surface area contributed by atoms with E-state index >= 15 is 0 Å². The zero-order chi connectivity index (χ0) is 10.2. The van der Waals surface area contributed by atoms with E-state index in [4.69, 9.17) is 4.74 Å². The van der Waals surface area contributed by atoms with Crippen molar-refractivity contribution < 1.29 is 17.9 Å². The molecule has 0 rings (SSSR count). The number of hydrogen-bond donors (Lipinski definition) is 1. The van der Waals surface area contributed by atoms with Crippen LogP contribution in [0, 0.1) is 0 Å².